The normalized spacial score (nSPS) is 18.2. The minimum atomic E-state index is -4.24. The number of pyridine rings is 1. The van der Waals surface area contributed by atoms with Crippen LogP contribution in [0.5, 0.6) is 5.75 Å². The predicted octanol–water partition coefficient (Wildman–Crippen LogP) is 4.43. The van der Waals surface area contributed by atoms with Crippen molar-refractivity contribution in [2.75, 3.05) is 31.6 Å². The van der Waals surface area contributed by atoms with Crippen molar-refractivity contribution in [2.45, 2.75) is 56.4 Å². The summed E-state index contributed by atoms with van der Waals surface area (Å²) >= 11 is 2.10. The fraction of sp³-hybridized carbons (Fsp3) is 0.519. The van der Waals surface area contributed by atoms with Gasteiger partial charge in [0.05, 0.1) is 41.0 Å². The number of methoxy groups -OCH3 is 1. The fourth-order valence-corrected chi connectivity index (χ4v) is 6.57. The minimum absolute atomic E-state index is 0.00724. The van der Waals surface area contributed by atoms with Gasteiger partial charge >= 0.3 is 6.18 Å². The molecule has 3 aromatic rings. The van der Waals surface area contributed by atoms with Crippen LogP contribution in [0, 0.1) is 13.8 Å². The van der Waals surface area contributed by atoms with Crippen LogP contribution in [-0.2, 0) is 13.6 Å². The average molecular weight is 675 g/mol. The lowest BCUT2D eigenvalue weighted by Crippen LogP contribution is -2.50. The van der Waals surface area contributed by atoms with Crippen molar-refractivity contribution in [1.82, 2.24) is 25.0 Å². The van der Waals surface area contributed by atoms with Crippen molar-refractivity contribution in [3.8, 4) is 5.75 Å². The molecule has 1 fully saturated rings. The second-order valence-corrected chi connectivity index (χ2v) is 11.6. The first-order chi connectivity index (χ1) is 18.8. The number of anilines is 1. The number of H-pyrrole nitrogens is 1. The van der Waals surface area contributed by atoms with E-state index in [0.29, 0.717) is 54.0 Å². The SMILES string of the molecule is CCN(c1c(C)c(C(=O)NCc2c(OC)cc(C)[nH]c2=O)cc2nn(C)cc12)C1CCN(CC(F)(F)F)C(I)C1. The van der Waals surface area contributed by atoms with Crippen LogP contribution in [0.25, 0.3) is 10.9 Å². The number of aromatic amines is 1. The van der Waals surface area contributed by atoms with Crippen LogP contribution < -0.4 is 20.5 Å². The summed E-state index contributed by atoms with van der Waals surface area (Å²) in [5.74, 6) is 0.0256. The number of alkyl halides is 4. The minimum Gasteiger partial charge on any atom is -0.496 e. The molecule has 1 amide bonds. The third-order valence-electron chi connectivity index (χ3n) is 7.34. The summed E-state index contributed by atoms with van der Waals surface area (Å²) in [4.78, 5) is 32.4. The van der Waals surface area contributed by atoms with E-state index >= 15 is 0 Å². The van der Waals surface area contributed by atoms with Gasteiger partial charge in [-0.15, -0.1) is 0 Å². The van der Waals surface area contributed by atoms with Gasteiger partial charge in [0.15, 0.2) is 0 Å². The maximum absolute atomic E-state index is 13.5. The van der Waals surface area contributed by atoms with E-state index in [4.69, 9.17) is 4.74 Å². The lowest BCUT2D eigenvalue weighted by atomic mass is 9.97. The number of fused-ring (bicyclic) bond motifs is 1. The zero-order valence-corrected chi connectivity index (χ0v) is 25.3. The smallest absolute Gasteiger partial charge is 0.401 e. The van der Waals surface area contributed by atoms with Gasteiger partial charge in [-0.25, -0.2) is 0 Å². The molecule has 0 radical (unpaired) electrons. The number of rotatable bonds is 8. The first kappa shape index (κ1) is 30.2. The molecule has 218 valence electrons. The molecule has 1 aliphatic heterocycles. The molecule has 0 spiro atoms. The molecule has 40 heavy (non-hydrogen) atoms. The molecule has 1 aliphatic rings. The number of nitrogens with one attached hydrogen (secondary N) is 2. The lowest BCUT2D eigenvalue weighted by Gasteiger charge is -2.43. The van der Waals surface area contributed by atoms with Crippen molar-refractivity contribution in [2.24, 2.45) is 7.05 Å². The third-order valence-corrected chi connectivity index (χ3v) is 8.63. The number of likely N-dealkylation sites (tertiary alicyclic amines) is 1. The van der Waals surface area contributed by atoms with Crippen LogP contribution in [0.3, 0.4) is 0 Å². The number of nitrogens with zero attached hydrogens (tertiary/aromatic N) is 4. The van der Waals surface area contributed by atoms with E-state index < -0.39 is 12.7 Å². The largest absolute Gasteiger partial charge is 0.496 e. The van der Waals surface area contributed by atoms with Crippen molar-refractivity contribution < 1.29 is 22.7 Å². The van der Waals surface area contributed by atoms with Gasteiger partial charge in [-0.2, -0.15) is 18.3 Å². The van der Waals surface area contributed by atoms with Gasteiger partial charge < -0.3 is 19.9 Å². The number of aromatic nitrogens is 3. The number of carbonyl (C=O) groups excluding carboxylic acids is 1. The molecule has 0 aliphatic carbocycles. The summed E-state index contributed by atoms with van der Waals surface area (Å²) < 4.78 is 46.0. The molecule has 1 aromatic carbocycles. The molecule has 13 heteroatoms. The van der Waals surface area contributed by atoms with E-state index in [-0.39, 0.29) is 28.1 Å². The first-order valence-electron chi connectivity index (χ1n) is 13.1. The van der Waals surface area contributed by atoms with Crippen molar-refractivity contribution in [3.63, 3.8) is 0 Å². The van der Waals surface area contributed by atoms with Gasteiger partial charge in [-0.1, -0.05) is 22.6 Å². The predicted molar refractivity (Wildman–Crippen MR) is 156 cm³/mol. The van der Waals surface area contributed by atoms with Gasteiger partial charge in [0.1, 0.15) is 5.75 Å². The Hall–Kier alpha value is -2.81. The Morgan fingerprint density at radius 1 is 1.32 bits per heavy atom. The number of hydrogen-bond donors (Lipinski definition) is 2. The van der Waals surface area contributed by atoms with Crippen molar-refractivity contribution >= 4 is 45.1 Å². The highest BCUT2D eigenvalue weighted by atomic mass is 127. The van der Waals surface area contributed by atoms with Crippen LogP contribution in [0.2, 0.25) is 0 Å². The zero-order valence-electron chi connectivity index (χ0n) is 23.2. The summed E-state index contributed by atoms with van der Waals surface area (Å²) in [5, 5.41) is 8.28. The molecule has 0 bridgehead atoms. The number of benzene rings is 1. The highest BCUT2D eigenvalue weighted by Gasteiger charge is 2.38. The summed E-state index contributed by atoms with van der Waals surface area (Å²) in [6.07, 6.45) is -1.22. The summed E-state index contributed by atoms with van der Waals surface area (Å²) in [5.41, 5.74) is 3.27. The van der Waals surface area contributed by atoms with Crippen LogP contribution in [0.15, 0.2) is 23.1 Å². The maximum Gasteiger partial charge on any atom is 0.401 e. The number of hydrogen-bond acceptors (Lipinski definition) is 6. The van der Waals surface area contributed by atoms with E-state index in [1.807, 2.05) is 27.1 Å². The molecule has 9 nitrogen and oxygen atoms in total. The van der Waals surface area contributed by atoms with Gasteiger partial charge in [0.2, 0.25) is 0 Å². The highest BCUT2D eigenvalue weighted by Crippen LogP contribution is 2.38. The summed E-state index contributed by atoms with van der Waals surface area (Å²) in [6.45, 7) is 5.62. The monoisotopic (exact) mass is 674 g/mol. The quantitative estimate of drug-likeness (QED) is 0.209. The molecule has 0 saturated carbocycles. The topological polar surface area (TPSA) is 95.5 Å². The van der Waals surface area contributed by atoms with Crippen molar-refractivity contribution in [3.05, 3.63) is 51.1 Å². The molecule has 2 atom stereocenters. The van der Waals surface area contributed by atoms with Gasteiger partial charge in [0.25, 0.3) is 11.5 Å². The molecule has 2 aromatic heterocycles. The van der Waals surface area contributed by atoms with E-state index in [0.717, 1.165) is 16.6 Å². The number of ether oxygens (including phenoxy) is 1. The Bertz CT molecular complexity index is 1450. The summed E-state index contributed by atoms with van der Waals surface area (Å²) in [6, 6.07) is 3.43. The average Bonchev–Trinajstić information content (AvgIpc) is 3.24. The standard InChI is InChI=1S/C27H34F3IN6O3/c1-6-37(17-7-8-36(23(31)10-17)14-27(28,29)30)24-16(3)18(11-21-20(24)13-35(4)34-21)25(38)32-12-19-22(40-5)9-15(2)33-26(19)39/h9,11,13,17,23H,6-8,10,12,14H2,1-5H3,(H,32,38)(H,33,39). The second kappa shape index (κ2) is 12.0. The molecular weight excluding hydrogens is 640 g/mol. The number of aryl methyl sites for hydroxylation is 2. The number of halogens is 4. The van der Waals surface area contributed by atoms with Crippen molar-refractivity contribution in [1.29, 1.82) is 0 Å². The highest BCUT2D eigenvalue weighted by molar-refractivity contribution is 14.1. The Morgan fingerprint density at radius 2 is 2.05 bits per heavy atom. The molecular formula is C27H34F3IN6O3. The number of carbonyl (C=O) groups is 1. The molecule has 3 heterocycles. The molecule has 1 saturated heterocycles. The lowest BCUT2D eigenvalue weighted by molar-refractivity contribution is -0.148. The fourth-order valence-electron chi connectivity index (χ4n) is 5.51. The molecule has 2 N–H and O–H groups in total. The third kappa shape index (κ3) is 6.40. The first-order valence-corrected chi connectivity index (χ1v) is 14.3. The van der Waals surface area contributed by atoms with Crippen LogP contribution in [-0.4, -0.2) is 68.6 Å². The van der Waals surface area contributed by atoms with Gasteiger partial charge in [-0.05, 0) is 51.3 Å². The number of piperidine rings is 1. The Morgan fingerprint density at radius 3 is 2.67 bits per heavy atom. The number of amides is 1. The van der Waals surface area contributed by atoms with E-state index in [2.05, 4.69) is 42.9 Å². The van der Waals surface area contributed by atoms with Crippen LogP contribution in [0.1, 0.15) is 46.9 Å². The maximum atomic E-state index is 13.5. The van der Waals surface area contributed by atoms with E-state index in [1.54, 1.807) is 23.7 Å². The van der Waals surface area contributed by atoms with Crippen LogP contribution >= 0.6 is 22.6 Å². The Kier molecular flexibility index (Phi) is 9.02. The van der Waals surface area contributed by atoms with E-state index in [1.165, 1.54) is 12.0 Å². The summed E-state index contributed by atoms with van der Waals surface area (Å²) in [7, 11) is 3.28. The van der Waals surface area contributed by atoms with Gasteiger partial charge in [0, 0.05) is 49.0 Å². The molecule has 2 unspecified atom stereocenters. The zero-order chi connectivity index (χ0) is 29.4. The van der Waals surface area contributed by atoms with E-state index in [9.17, 15) is 22.8 Å². The van der Waals surface area contributed by atoms with Crippen LogP contribution in [0.4, 0.5) is 18.9 Å². The van der Waals surface area contributed by atoms with Gasteiger partial charge in [-0.3, -0.25) is 19.2 Å². The molecule has 4 rings (SSSR count). The second-order valence-electron chi connectivity index (χ2n) is 10.1. The Balaban J connectivity index is 1.66. The Labute approximate surface area is 244 Å².